The number of rotatable bonds is 9. The van der Waals surface area contributed by atoms with Crippen LogP contribution >= 0.6 is 23.1 Å². The maximum Gasteiger partial charge on any atom is 0.226 e. The van der Waals surface area contributed by atoms with E-state index in [1.807, 2.05) is 31.2 Å². The maximum atomic E-state index is 11.9. The summed E-state index contributed by atoms with van der Waals surface area (Å²) in [5.41, 5.74) is 1.20. The summed E-state index contributed by atoms with van der Waals surface area (Å²) in [5, 5.41) is 11.4. The highest BCUT2D eigenvalue weighted by atomic mass is 32.2. The Hall–Kier alpha value is -1.60. The third kappa shape index (κ3) is 6.58. The van der Waals surface area contributed by atoms with Crippen LogP contribution in [0.3, 0.4) is 0 Å². The van der Waals surface area contributed by atoms with E-state index in [1.54, 1.807) is 11.8 Å². The van der Waals surface area contributed by atoms with E-state index in [4.69, 9.17) is 4.74 Å². The number of aromatic nitrogens is 2. The van der Waals surface area contributed by atoms with Gasteiger partial charge in [-0.1, -0.05) is 47.7 Å². The highest BCUT2D eigenvalue weighted by Gasteiger charge is 2.08. The average Bonchev–Trinajstić information content (AvgIpc) is 2.98. The van der Waals surface area contributed by atoms with E-state index < -0.39 is 0 Å². The predicted molar refractivity (Wildman–Crippen MR) is 95.5 cm³/mol. The molecule has 124 valence electrons. The first-order chi connectivity index (χ1) is 11.2. The fourth-order valence-electron chi connectivity index (χ4n) is 1.75. The Kier molecular flexibility index (Phi) is 7.35. The number of nitrogens with zero attached hydrogens (tertiary/aromatic N) is 2. The van der Waals surface area contributed by atoms with Crippen LogP contribution < -0.4 is 10.1 Å². The SMILES string of the molecule is CCCSc1nnc(NC(=O)CCCOc2ccc(C)cc2)s1. The van der Waals surface area contributed by atoms with Gasteiger partial charge in [0.25, 0.3) is 0 Å². The molecule has 5 nitrogen and oxygen atoms in total. The number of thioether (sulfide) groups is 1. The van der Waals surface area contributed by atoms with Crippen molar-refractivity contribution >= 4 is 34.1 Å². The molecular formula is C16H21N3O2S2. The Labute approximate surface area is 144 Å². The Bertz CT molecular complexity index is 614. The molecular weight excluding hydrogens is 330 g/mol. The van der Waals surface area contributed by atoms with Gasteiger partial charge in [-0.25, -0.2) is 0 Å². The summed E-state index contributed by atoms with van der Waals surface area (Å²) in [6, 6.07) is 7.88. The molecule has 1 N–H and O–H groups in total. The molecule has 0 spiro atoms. The second-order valence-corrected chi connectivity index (χ2v) is 7.35. The number of aryl methyl sites for hydroxylation is 1. The summed E-state index contributed by atoms with van der Waals surface area (Å²) < 4.78 is 6.49. The van der Waals surface area contributed by atoms with Crippen LogP contribution in [-0.4, -0.2) is 28.5 Å². The van der Waals surface area contributed by atoms with Crippen molar-refractivity contribution in [1.29, 1.82) is 0 Å². The third-order valence-corrected chi connectivity index (χ3v) is 5.10. The van der Waals surface area contributed by atoms with Crippen LogP contribution in [0.2, 0.25) is 0 Å². The molecule has 0 radical (unpaired) electrons. The molecule has 2 aromatic rings. The quantitative estimate of drug-likeness (QED) is 0.418. The van der Waals surface area contributed by atoms with E-state index in [1.165, 1.54) is 16.9 Å². The molecule has 2 rings (SSSR count). The molecule has 7 heteroatoms. The van der Waals surface area contributed by atoms with Crippen molar-refractivity contribution in [3.8, 4) is 5.75 Å². The number of ether oxygens (including phenoxy) is 1. The normalized spacial score (nSPS) is 10.5. The largest absolute Gasteiger partial charge is 0.494 e. The van der Waals surface area contributed by atoms with Gasteiger partial charge in [-0.2, -0.15) is 0 Å². The Morgan fingerprint density at radius 3 is 2.83 bits per heavy atom. The van der Waals surface area contributed by atoms with E-state index in [0.717, 1.165) is 22.3 Å². The van der Waals surface area contributed by atoms with Crippen LogP contribution in [0, 0.1) is 6.92 Å². The Balaban J connectivity index is 1.64. The van der Waals surface area contributed by atoms with Crippen LogP contribution in [0.15, 0.2) is 28.6 Å². The third-order valence-electron chi connectivity index (χ3n) is 2.92. The lowest BCUT2D eigenvalue weighted by atomic mass is 10.2. The summed E-state index contributed by atoms with van der Waals surface area (Å²) in [7, 11) is 0. The molecule has 0 saturated heterocycles. The Morgan fingerprint density at radius 1 is 1.30 bits per heavy atom. The average molecular weight is 351 g/mol. The molecule has 0 atom stereocenters. The van der Waals surface area contributed by atoms with Crippen molar-refractivity contribution in [3.05, 3.63) is 29.8 Å². The van der Waals surface area contributed by atoms with Gasteiger partial charge in [-0.3, -0.25) is 4.79 Å². The zero-order valence-electron chi connectivity index (χ0n) is 13.4. The molecule has 0 saturated carbocycles. The fraction of sp³-hybridized carbons (Fsp3) is 0.438. The standard InChI is InChI=1S/C16H21N3O2S2/c1-3-11-22-16-19-18-15(23-16)17-14(20)5-4-10-21-13-8-6-12(2)7-9-13/h6-9H,3-5,10-11H2,1-2H3,(H,17,18,20). The molecule has 1 amide bonds. The molecule has 1 heterocycles. The van der Waals surface area contributed by atoms with E-state index in [-0.39, 0.29) is 5.91 Å². The van der Waals surface area contributed by atoms with Gasteiger partial charge in [0, 0.05) is 12.2 Å². The Morgan fingerprint density at radius 2 is 2.09 bits per heavy atom. The fourth-order valence-corrected chi connectivity index (χ4v) is 3.44. The van der Waals surface area contributed by atoms with Gasteiger partial charge in [0.15, 0.2) is 4.34 Å². The van der Waals surface area contributed by atoms with Crippen LogP contribution in [-0.2, 0) is 4.79 Å². The zero-order chi connectivity index (χ0) is 16.5. The van der Waals surface area contributed by atoms with Crippen molar-refractivity contribution in [2.45, 2.75) is 37.4 Å². The van der Waals surface area contributed by atoms with Gasteiger partial charge in [0.05, 0.1) is 6.61 Å². The van der Waals surface area contributed by atoms with Gasteiger partial charge in [-0.05, 0) is 31.9 Å². The molecule has 0 aliphatic carbocycles. The van der Waals surface area contributed by atoms with Crippen molar-refractivity contribution in [3.63, 3.8) is 0 Å². The number of carbonyl (C=O) groups excluding carboxylic acids is 1. The van der Waals surface area contributed by atoms with Crippen LogP contribution in [0.1, 0.15) is 31.7 Å². The molecule has 0 bridgehead atoms. The number of hydrogen-bond acceptors (Lipinski definition) is 6. The maximum absolute atomic E-state index is 11.9. The van der Waals surface area contributed by atoms with Gasteiger partial charge in [-0.15, -0.1) is 10.2 Å². The smallest absolute Gasteiger partial charge is 0.226 e. The van der Waals surface area contributed by atoms with Crippen molar-refractivity contribution in [2.24, 2.45) is 0 Å². The molecule has 0 aliphatic rings. The number of amides is 1. The first-order valence-corrected chi connectivity index (χ1v) is 9.43. The second-order valence-electron chi connectivity index (χ2n) is 5.03. The van der Waals surface area contributed by atoms with Gasteiger partial charge in [0.1, 0.15) is 5.75 Å². The van der Waals surface area contributed by atoms with Crippen LogP contribution in [0.25, 0.3) is 0 Å². The minimum atomic E-state index is -0.0549. The lowest BCUT2D eigenvalue weighted by molar-refractivity contribution is -0.116. The second kappa shape index (κ2) is 9.52. The van der Waals surface area contributed by atoms with Gasteiger partial charge < -0.3 is 10.1 Å². The first-order valence-electron chi connectivity index (χ1n) is 7.63. The number of nitrogens with one attached hydrogen (secondary N) is 1. The minimum absolute atomic E-state index is 0.0549. The number of benzene rings is 1. The number of carbonyl (C=O) groups is 1. The number of anilines is 1. The van der Waals surface area contributed by atoms with E-state index in [9.17, 15) is 4.79 Å². The first kappa shape index (κ1) is 17.7. The summed E-state index contributed by atoms with van der Waals surface area (Å²) in [6.45, 7) is 4.67. The summed E-state index contributed by atoms with van der Waals surface area (Å²) in [5.74, 6) is 1.79. The lowest BCUT2D eigenvalue weighted by Gasteiger charge is -2.06. The van der Waals surface area contributed by atoms with E-state index in [0.29, 0.717) is 24.6 Å². The number of hydrogen-bond donors (Lipinski definition) is 1. The molecule has 1 aromatic carbocycles. The van der Waals surface area contributed by atoms with Crippen LogP contribution in [0.5, 0.6) is 5.75 Å². The van der Waals surface area contributed by atoms with E-state index >= 15 is 0 Å². The molecule has 23 heavy (non-hydrogen) atoms. The van der Waals surface area contributed by atoms with Crippen molar-refractivity contribution < 1.29 is 9.53 Å². The highest BCUT2D eigenvalue weighted by molar-refractivity contribution is 8.01. The predicted octanol–water partition coefficient (Wildman–Crippen LogP) is 4.15. The molecule has 1 aromatic heterocycles. The lowest BCUT2D eigenvalue weighted by Crippen LogP contribution is -2.12. The highest BCUT2D eigenvalue weighted by Crippen LogP contribution is 2.25. The van der Waals surface area contributed by atoms with E-state index in [2.05, 4.69) is 22.4 Å². The zero-order valence-corrected chi connectivity index (χ0v) is 15.0. The summed E-state index contributed by atoms with van der Waals surface area (Å²) >= 11 is 3.08. The molecule has 0 fully saturated rings. The molecule has 0 unspecified atom stereocenters. The summed E-state index contributed by atoms with van der Waals surface area (Å²) in [6.07, 6.45) is 2.16. The van der Waals surface area contributed by atoms with Crippen molar-refractivity contribution in [1.82, 2.24) is 10.2 Å². The van der Waals surface area contributed by atoms with Gasteiger partial charge >= 0.3 is 0 Å². The molecule has 0 aliphatic heterocycles. The minimum Gasteiger partial charge on any atom is -0.494 e. The topological polar surface area (TPSA) is 64.1 Å². The van der Waals surface area contributed by atoms with Crippen molar-refractivity contribution in [2.75, 3.05) is 17.7 Å². The summed E-state index contributed by atoms with van der Waals surface area (Å²) in [4.78, 5) is 11.9. The monoisotopic (exact) mass is 351 g/mol. The van der Waals surface area contributed by atoms with Crippen LogP contribution in [0.4, 0.5) is 5.13 Å². The van der Waals surface area contributed by atoms with Gasteiger partial charge in [0.2, 0.25) is 11.0 Å².